The van der Waals surface area contributed by atoms with Gasteiger partial charge in [0.1, 0.15) is 0 Å². The van der Waals surface area contributed by atoms with Gasteiger partial charge < -0.3 is 5.32 Å². The third kappa shape index (κ3) is 4.21. The zero-order valence-corrected chi connectivity index (χ0v) is 14.0. The molecular weight excluding hydrogens is 244 g/mol. The van der Waals surface area contributed by atoms with Crippen molar-refractivity contribution in [2.24, 2.45) is 11.8 Å². The summed E-state index contributed by atoms with van der Waals surface area (Å²) >= 11 is 0. The molecule has 0 radical (unpaired) electrons. The van der Waals surface area contributed by atoms with Gasteiger partial charge in [-0.15, -0.1) is 0 Å². The standard InChI is InChI=1S/C18H36N2/c1-4-12-19-18-11-13-20(14-16(18)6-3)17-9-7-15(5-2)8-10-17/h15-19H,4-14H2,1-3H3. The Labute approximate surface area is 126 Å². The molecule has 1 heterocycles. The smallest absolute Gasteiger partial charge is 0.0120 e. The van der Waals surface area contributed by atoms with Crippen LogP contribution in [-0.2, 0) is 0 Å². The molecule has 2 nitrogen and oxygen atoms in total. The van der Waals surface area contributed by atoms with E-state index >= 15 is 0 Å². The highest BCUT2D eigenvalue weighted by Crippen LogP contribution is 2.32. The van der Waals surface area contributed by atoms with Gasteiger partial charge >= 0.3 is 0 Å². The molecular formula is C18H36N2. The molecule has 0 amide bonds. The Morgan fingerprint density at radius 3 is 2.30 bits per heavy atom. The average Bonchev–Trinajstić information content (AvgIpc) is 2.52. The molecule has 0 aromatic heterocycles. The van der Waals surface area contributed by atoms with Crippen LogP contribution in [0.1, 0.15) is 72.1 Å². The summed E-state index contributed by atoms with van der Waals surface area (Å²) in [4.78, 5) is 2.84. The van der Waals surface area contributed by atoms with Crippen LogP contribution in [0.3, 0.4) is 0 Å². The quantitative estimate of drug-likeness (QED) is 0.789. The molecule has 2 rings (SSSR count). The van der Waals surface area contributed by atoms with E-state index in [1.165, 1.54) is 71.0 Å². The molecule has 1 saturated carbocycles. The second kappa shape index (κ2) is 8.38. The molecule has 0 aromatic rings. The van der Waals surface area contributed by atoms with Crippen LogP contribution in [-0.4, -0.2) is 36.6 Å². The van der Waals surface area contributed by atoms with Crippen molar-refractivity contribution in [2.45, 2.75) is 84.2 Å². The van der Waals surface area contributed by atoms with E-state index in [1.54, 1.807) is 0 Å². The molecule has 1 saturated heterocycles. The minimum Gasteiger partial charge on any atom is -0.314 e. The van der Waals surface area contributed by atoms with Crippen LogP contribution in [0.5, 0.6) is 0 Å². The third-order valence-electron chi connectivity index (χ3n) is 5.86. The van der Waals surface area contributed by atoms with Crippen molar-refractivity contribution >= 4 is 0 Å². The van der Waals surface area contributed by atoms with Gasteiger partial charge in [0, 0.05) is 18.6 Å². The summed E-state index contributed by atoms with van der Waals surface area (Å²) < 4.78 is 0. The van der Waals surface area contributed by atoms with Gasteiger partial charge in [-0.1, -0.05) is 33.6 Å². The highest BCUT2D eigenvalue weighted by Gasteiger charge is 2.32. The Balaban J connectivity index is 1.80. The fraction of sp³-hybridized carbons (Fsp3) is 1.00. The molecule has 2 unspecified atom stereocenters. The molecule has 1 N–H and O–H groups in total. The topological polar surface area (TPSA) is 15.3 Å². The van der Waals surface area contributed by atoms with Crippen molar-refractivity contribution in [3.63, 3.8) is 0 Å². The van der Waals surface area contributed by atoms with Crippen molar-refractivity contribution in [1.82, 2.24) is 10.2 Å². The Morgan fingerprint density at radius 2 is 1.70 bits per heavy atom. The van der Waals surface area contributed by atoms with Gasteiger partial charge in [0.15, 0.2) is 0 Å². The highest BCUT2D eigenvalue weighted by atomic mass is 15.2. The summed E-state index contributed by atoms with van der Waals surface area (Å²) in [5.74, 6) is 1.90. The van der Waals surface area contributed by atoms with E-state index < -0.39 is 0 Å². The molecule has 118 valence electrons. The Kier molecular flexibility index (Phi) is 6.83. The van der Waals surface area contributed by atoms with Crippen LogP contribution in [0.2, 0.25) is 0 Å². The molecule has 2 heteroatoms. The van der Waals surface area contributed by atoms with E-state index in [9.17, 15) is 0 Å². The molecule has 1 aliphatic heterocycles. The molecule has 20 heavy (non-hydrogen) atoms. The van der Waals surface area contributed by atoms with Crippen LogP contribution in [0.25, 0.3) is 0 Å². The molecule has 2 aliphatic rings. The number of rotatable bonds is 6. The van der Waals surface area contributed by atoms with Gasteiger partial charge in [-0.3, -0.25) is 4.90 Å². The van der Waals surface area contributed by atoms with Crippen LogP contribution >= 0.6 is 0 Å². The molecule has 0 bridgehead atoms. The number of nitrogens with one attached hydrogen (secondary N) is 1. The minimum absolute atomic E-state index is 0.781. The molecule has 2 atom stereocenters. The van der Waals surface area contributed by atoms with E-state index in [-0.39, 0.29) is 0 Å². The summed E-state index contributed by atoms with van der Waals surface area (Å²) in [5.41, 5.74) is 0. The first-order chi connectivity index (χ1) is 9.78. The monoisotopic (exact) mass is 280 g/mol. The van der Waals surface area contributed by atoms with E-state index in [0.29, 0.717) is 0 Å². The number of likely N-dealkylation sites (tertiary alicyclic amines) is 1. The van der Waals surface area contributed by atoms with E-state index in [2.05, 4.69) is 31.0 Å². The lowest BCUT2D eigenvalue weighted by molar-refractivity contribution is 0.0668. The van der Waals surface area contributed by atoms with Gasteiger partial charge in [-0.25, -0.2) is 0 Å². The van der Waals surface area contributed by atoms with Gasteiger partial charge in [0.2, 0.25) is 0 Å². The number of piperidine rings is 1. The predicted molar refractivity (Wildman–Crippen MR) is 88.1 cm³/mol. The molecule has 0 spiro atoms. The van der Waals surface area contributed by atoms with Crippen molar-refractivity contribution < 1.29 is 0 Å². The predicted octanol–water partition coefficient (Wildman–Crippen LogP) is 4.06. The first kappa shape index (κ1) is 16.3. The fourth-order valence-corrected chi connectivity index (χ4v) is 4.32. The van der Waals surface area contributed by atoms with Crippen LogP contribution < -0.4 is 5.32 Å². The highest BCUT2D eigenvalue weighted by molar-refractivity contribution is 4.89. The lowest BCUT2D eigenvalue weighted by Crippen LogP contribution is -2.52. The zero-order chi connectivity index (χ0) is 14.4. The van der Waals surface area contributed by atoms with Crippen molar-refractivity contribution in [3.8, 4) is 0 Å². The lowest BCUT2D eigenvalue weighted by Gasteiger charge is -2.44. The first-order valence-corrected chi connectivity index (χ1v) is 9.25. The zero-order valence-electron chi connectivity index (χ0n) is 14.0. The second-order valence-corrected chi connectivity index (χ2v) is 7.10. The molecule has 0 aromatic carbocycles. The Hall–Kier alpha value is -0.0800. The Bertz CT molecular complexity index is 258. The normalized spacial score (nSPS) is 36.1. The summed E-state index contributed by atoms with van der Waals surface area (Å²) in [7, 11) is 0. The van der Waals surface area contributed by atoms with E-state index in [1.807, 2.05) is 0 Å². The average molecular weight is 280 g/mol. The second-order valence-electron chi connectivity index (χ2n) is 7.10. The van der Waals surface area contributed by atoms with E-state index in [4.69, 9.17) is 0 Å². The molecule has 2 fully saturated rings. The van der Waals surface area contributed by atoms with E-state index in [0.717, 1.165) is 23.9 Å². The van der Waals surface area contributed by atoms with Gasteiger partial charge in [0.25, 0.3) is 0 Å². The van der Waals surface area contributed by atoms with Crippen molar-refractivity contribution in [1.29, 1.82) is 0 Å². The van der Waals surface area contributed by atoms with Gasteiger partial charge in [0.05, 0.1) is 0 Å². The summed E-state index contributed by atoms with van der Waals surface area (Å²) in [6.07, 6.45) is 11.2. The Morgan fingerprint density at radius 1 is 0.950 bits per heavy atom. The summed E-state index contributed by atoms with van der Waals surface area (Å²) in [5, 5.41) is 3.79. The largest absolute Gasteiger partial charge is 0.314 e. The van der Waals surface area contributed by atoms with Gasteiger partial charge in [-0.2, -0.15) is 0 Å². The maximum Gasteiger partial charge on any atom is 0.0120 e. The maximum absolute atomic E-state index is 3.79. The third-order valence-corrected chi connectivity index (χ3v) is 5.86. The van der Waals surface area contributed by atoms with Crippen LogP contribution in [0, 0.1) is 11.8 Å². The van der Waals surface area contributed by atoms with Gasteiger partial charge in [-0.05, 0) is 63.5 Å². The van der Waals surface area contributed by atoms with Crippen molar-refractivity contribution in [3.05, 3.63) is 0 Å². The summed E-state index contributed by atoms with van der Waals surface area (Å²) in [6.45, 7) is 10.9. The SMILES string of the molecule is CCCNC1CCN(C2CCC(CC)CC2)CC1CC. The number of hydrogen-bond donors (Lipinski definition) is 1. The molecule has 1 aliphatic carbocycles. The fourth-order valence-electron chi connectivity index (χ4n) is 4.32. The maximum atomic E-state index is 3.79. The first-order valence-electron chi connectivity index (χ1n) is 9.25. The lowest BCUT2D eigenvalue weighted by atomic mass is 9.82. The number of nitrogens with zero attached hydrogens (tertiary/aromatic N) is 1. The van der Waals surface area contributed by atoms with Crippen LogP contribution in [0.4, 0.5) is 0 Å². The van der Waals surface area contributed by atoms with Crippen molar-refractivity contribution in [2.75, 3.05) is 19.6 Å². The number of hydrogen-bond acceptors (Lipinski definition) is 2. The minimum atomic E-state index is 0.781. The van der Waals surface area contributed by atoms with Crippen LogP contribution in [0.15, 0.2) is 0 Å². The summed E-state index contributed by atoms with van der Waals surface area (Å²) in [6, 6.07) is 1.68.